The number of hydrogen-bond donors (Lipinski definition) is 2. The molecule has 38 heavy (non-hydrogen) atoms. The first kappa shape index (κ1) is 26.8. The number of piperazine rings is 1. The normalized spacial score (nSPS) is 18.1. The maximum absolute atomic E-state index is 13.7. The summed E-state index contributed by atoms with van der Waals surface area (Å²) >= 11 is 1.52. The molecule has 3 aromatic heterocycles. The molecule has 2 saturated heterocycles. The van der Waals surface area contributed by atoms with Gasteiger partial charge in [-0.1, -0.05) is 6.92 Å². The van der Waals surface area contributed by atoms with Gasteiger partial charge in [-0.3, -0.25) is 23.8 Å². The van der Waals surface area contributed by atoms with Crippen molar-refractivity contribution in [2.45, 2.75) is 19.4 Å². The van der Waals surface area contributed by atoms with Crippen LogP contribution in [0, 0.1) is 0 Å². The Hall–Kier alpha value is -2.83. The fraction of sp³-hybridized carbons (Fsp3) is 0.519. The Kier molecular flexibility index (Phi) is 8.70. The predicted octanol–water partition coefficient (Wildman–Crippen LogP) is 1.65. The summed E-state index contributed by atoms with van der Waals surface area (Å²) in [6.07, 6.45) is 2.38. The van der Waals surface area contributed by atoms with Crippen LogP contribution >= 0.6 is 11.3 Å². The SMILES string of the molecule is CC[C@@H](CO)NC(=O)c1c(-c2ccsc2)nc2c(C(=O)N3CCN(CCN4CCOCC4)CC3)cccn12. The number of thiophene rings is 1. The minimum absolute atomic E-state index is 0.0703. The third-order valence-corrected chi connectivity index (χ3v) is 8.12. The van der Waals surface area contributed by atoms with Crippen molar-refractivity contribution in [2.75, 3.05) is 72.2 Å². The van der Waals surface area contributed by atoms with Crippen molar-refractivity contribution in [1.82, 2.24) is 29.4 Å². The Balaban J connectivity index is 1.34. The van der Waals surface area contributed by atoms with Crippen LogP contribution < -0.4 is 5.32 Å². The van der Waals surface area contributed by atoms with E-state index in [9.17, 15) is 14.7 Å². The van der Waals surface area contributed by atoms with Crippen LogP contribution in [0.2, 0.25) is 0 Å². The lowest BCUT2D eigenvalue weighted by Crippen LogP contribution is -2.51. The Morgan fingerprint density at radius 3 is 2.50 bits per heavy atom. The van der Waals surface area contributed by atoms with Crippen LogP contribution in [0.5, 0.6) is 0 Å². The zero-order chi connectivity index (χ0) is 26.5. The van der Waals surface area contributed by atoms with Crippen LogP contribution in [-0.2, 0) is 4.74 Å². The quantitative estimate of drug-likeness (QED) is 0.426. The highest BCUT2D eigenvalue weighted by Gasteiger charge is 2.28. The van der Waals surface area contributed by atoms with E-state index in [1.807, 2.05) is 28.7 Å². The molecular formula is C27H36N6O4S. The van der Waals surface area contributed by atoms with E-state index in [2.05, 4.69) is 15.1 Å². The first-order chi connectivity index (χ1) is 18.6. The van der Waals surface area contributed by atoms with Gasteiger partial charge < -0.3 is 20.1 Å². The van der Waals surface area contributed by atoms with Gasteiger partial charge in [0.2, 0.25) is 0 Å². The van der Waals surface area contributed by atoms with Crippen molar-refractivity contribution < 1.29 is 19.4 Å². The molecule has 204 valence electrons. The summed E-state index contributed by atoms with van der Waals surface area (Å²) in [5.41, 5.74) is 2.68. The number of nitrogens with one attached hydrogen (secondary N) is 1. The predicted molar refractivity (Wildman–Crippen MR) is 147 cm³/mol. The Labute approximate surface area is 226 Å². The summed E-state index contributed by atoms with van der Waals surface area (Å²) in [4.78, 5) is 38.6. The largest absolute Gasteiger partial charge is 0.394 e. The number of carbonyl (C=O) groups excluding carboxylic acids is 2. The van der Waals surface area contributed by atoms with Gasteiger partial charge in [0.1, 0.15) is 11.4 Å². The lowest BCUT2D eigenvalue weighted by atomic mass is 10.1. The number of aromatic nitrogens is 2. The molecule has 0 radical (unpaired) electrons. The van der Waals surface area contributed by atoms with Gasteiger partial charge in [-0.2, -0.15) is 11.3 Å². The van der Waals surface area contributed by atoms with Crippen molar-refractivity contribution in [3.05, 3.63) is 46.4 Å². The second-order valence-electron chi connectivity index (χ2n) is 9.79. The van der Waals surface area contributed by atoms with E-state index in [1.54, 1.807) is 22.7 Å². The van der Waals surface area contributed by atoms with Crippen LogP contribution in [-0.4, -0.2) is 119 Å². The number of aliphatic hydroxyl groups is 1. The van der Waals surface area contributed by atoms with Gasteiger partial charge >= 0.3 is 0 Å². The molecule has 2 fully saturated rings. The molecule has 10 nitrogen and oxygen atoms in total. The Bertz CT molecular complexity index is 1230. The molecule has 0 aliphatic carbocycles. The lowest BCUT2D eigenvalue weighted by molar-refractivity contribution is 0.0293. The molecular weight excluding hydrogens is 504 g/mol. The fourth-order valence-electron chi connectivity index (χ4n) is 5.04. The number of hydrogen-bond acceptors (Lipinski definition) is 8. The standard InChI is InChI=1S/C27H36N6O4S/c1-2-21(18-34)28-26(35)24-23(20-5-17-38-19-20)29-25-22(4-3-6-33(24)25)27(36)32-11-9-30(10-12-32)7-8-31-13-15-37-16-14-31/h3-6,17,19,21,34H,2,7-16,18H2,1H3,(H,28,35)/t21-/m0/s1. The van der Waals surface area contributed by atoms with E-state index in [-0.39, 0.29) is 24.5 Å². The molecule has 5 rings (SSSR count). The van der Waals surface area contributed by atoms with E-state index in [0.717, 1.165) is 58.0 Å². The van der Waals surface area contributed by atoms with Crippen LogP contribution in [0.3, 0.4) is 0 Å². The number of morpholine rings is 1. The number of carbonyl (C=O) groups is 2. The van der Waals surface area contributed by atoms with Crippen molar-refractivity contribution in [3.63, 3.8) is 0 Å². The maximum atomic E-state index is 13.7. The number of fused-ring (bicyclic) bond motifs is 1. The molecule has 0 spiro atoms. The average molecular weight is 541 g/mol. The van der Waals surface area contributed by atoms with Gasteiger partial charge in [0, 0.05) is 69.5 Å². The maximum Gasteiger partial charge on any atom is 0.270 e. The van der Waals surface area contributed by atoms with Crippen molar-refractivity contribution in [3.8, 4) is 11.3 Å². The highest BCUT2D eigenvalue weighted by molar-refractivity contribution is 7.08. The molecule has 11 heteroatoms. The minimum atomic E-state index is -0.354. The van der Waals surface area contributed by atoms with Gasteiger partial charge in [-0.25, -0.2) is 4.98 Å². The fourth-order valence-corrected chi connectivity index (χ4v) is 5.68. The highest BCUT2D eigenvalue weighted by Crippen LogP contribution is 2.28. The molecule has 0 bridgehead atoms. The summed E-state index contributed by atoms with van der Waals surface area (Å²) in [6, 6.07) is 5.15. The molecule has 2 aliphatic rings. The van der Waals surface area contributed by atoms with E-state index < -0.39 is 0 Å². The number of ether oxygens (including phenoxy) is 1. The average Bonchev–Trinajstić information content (AvgIpc) is 3.63. The molecule has 2 amide bonds. The summed E-state index contributed by atoms with van der Waals surface area (Å²) in [7, 11) is 0. The number of imidazole rings is 1. The molecule has 3 aromatic rings. The number of amides is 2. The van der Waals surface area contributed by atoms with Gasteiger partial charge in [0.15, 0.2) is 5.65 Å². The summed E-state index contributed by atoms with van der Waals surface area (Å²) < 4.78 is 7.14. The molecule has 5 heterocycles. The molecule has 0 aromatic carbocycles. The topological polar surface area (TPSA) is 103 Å². The lowest BCUT2D eigenvalue weighted by Gasteiger charge is -2.36. The number of nitrogens with zero attached hydrogens (tertiary/aromatic N) is 5. The number of pyridine rings is 1. The molecule has 2 aliphatic heterocycles. The van der Waals surface area contributed by atoms with Crippen LogP contribution in [0.4, 0.5) is 0 Å². The smallest absolute Gasteiger partial charge is 0.270 e. The summed E-state index contributed by atoms with van der Waals surface area (Å²) in [5.74, 6) is -0.392. The van der Waals surface area contributed by atoms with Crippen LogP contribution in [0.25, 0.3) is 16.9 Å². The van der Waals surface area contributed by atoms with Gasteiger partial charge in [-0.05, 0) is 30.0 Å². The van der Waals surface area contributed by atoms with Crippen molar-refractivity contribution >= 4 is 28.8 Å². The van der Waals surface area contributed by atoms with E-state index in [4.69, 9.17) is 9.72 Å². The van der Waals surface area contributed by atoms with Gasteiger partial charge in [-0.15, -0.1) is 0 Å². The van der Waals surface area contributed by atoms with Crippen LogP contribution in [0.1, 0.15) is 34.2 Å². The second kappa shape index (κ2) is 12.4. The molecule has 0 saturated carbocycles. The monoisotopic (exact) mass is 540 g/mol. The zero-order valence-corrected chi connectivity index (χ0v) is 22.7. The molecule has 2 N–H and O–H groups in total. The molecule has 0 unspecified atom stereocenters. The highest BCUT2D eigenvalue weighted by atomic mass is 32.1. The number of aliphatic hydroxyl groups excluding tert-OH is 1. The minimum Gasteiger partial charge on any atom is -0.394 e. The van der Waals surface area contributed by atoms with Gasteiger partial charge in [0.05, 0.1) is 31.4 Å². The second-order valence-corrected chi connectivity index (χ2v) is 10.6. The first-order valence-electron chi connectivity index (χ1n) is 13.4. The third kappa shape index (κ3) is 5.76. The Morgan fingerprint density at radius 1 is 1.11 bits per heavy atom. The zero-order valence-electron chi connectivity index (χ0n) is 21.8. The molecule has 1 atom stereocenters. The van der Waals surface area contributed by atoms with E-state index in [0.29, 0.717) is 42.1 Å². The van der Waals surface area contributed by atoms with Gasteiger partial charge in [0.25, 0.3) is 11.8 Å². The number of rotatable bonds is 9. The summed E-state index contributed by atoms with van der Waals surface area (Å²) in [6.45, 7) is 10.3. The van der Waals surface area contributed by atoms with Crippen molar-refractivity contribution in [2.24, 2.45) is 0 Å². The van der Waals surface area contributed by atoms with E-state index in [1.165, 1.54) is 11.3 Å². The van der Waals surface area contributed by atoms with E-state index >= 15 is 0 Å². The third-order valence-electron chi connectivity index (χ3n) is 7.43. The Morgan fingerprint density at radius 2 is 1.84 bits per heavy atom. The summed E-state index contributed by atoms with van der Waals surface area (Å²) in [5, 5.41) is 16.4. The van der Waals surface area contributed by atoms with Crippen LogP contribution in [0.15, 0.2) is 35.2 Å². The van der Waals surface area contributed by atoms with Crippen molar-refractivity contribution in [1.29, 1.82) is 0 Å². The first-order valence-corrected chi connectivity index (χ1v) is 14.3.